The number of hydrogen-bond acceptors (Lipinski definition) is 4. The molecule has 0 aliphatic carbocycles. The van der Waals surface area contributed by atoms with Crippen LogP contribution in [-0.4, -0.2) is 55.5 Å². The highest BCUT2D eigenvalue weighted by molar-refractivity contribution is 7.07. The Kier molecular flexibility index (Phi) is 5.79. The number of nitrogens with two attached hydrogens (primary N) is 1. The summed E-state index contributed by atoms with van der Waals surface area (Å²) in [7, 11) is 4.01. The van der Waals surface area contributed by atoms with Crippen LogP contribution < -0.4 is 11.1 Å². The van der Waals surface area contributed by atoms with Crippen LogP contribution in [0.1, 0.15) is 24.4 Å². The third-order valence-corrected chi connectivity index (χ3v) is 4.83. The second kappa shape index (κ2) is 7.60. The van der Waals surface area contributed by atoms with Crippen molar-refractivity contribution in [3.63, 3.8) is 0 Å². The van der Waals surface area contributed by atoms with E-state index in [9.17, 15) is 9.59 Å². The highest BCUT2D eigenvalue weighted by Crippen LogP contribution is 2.21. The van der Waals surface area contributed by atoms with Crippen molar-refractivity contribution in [2.45, 2.75) is 18.9 Å². The molecule has 0 radical (unpaired) electrons. The van der Waals surface area contributed by atoms with Crippen LogP contribution in [0, 0.1) is 5.92 Å². The summed E-state index contributed by atoms with van der Waals surface area (Å²) in [5.74, 6) is -0.153. The molecule has 122 valence electrons. The van der Waals surface area contributed by atoms with E-state index in [1.807, 2.05) is 19.5 Å². The average Bonchev–Trinajstić information content (AvgIpc) is 3.01. The monoisotopic (exact) mass is 324 g/mol. The Labute approximate surface area is 135 Å². The zero-order valence-electron chi connectivity index (χ0n) is 13.1. The van der Waals surface area contributed by atoms with Gasteiger partial charge in [0.05, 0.1) is 12.0 Å². The first-order chi connectivity index (χ1) is 10.5. The first-order valence-corrected chi connectivity index (χ1v) is 8.44. The molecule has 3 amide bonds. The molecule has 1 fully saturated rings. The van der Waals surface area contributed by atoms with Crippen LogP contribution >= 0.6 is 11.3 Å². The Morgan fingerprint density at radius 2 is 2.32 bits per heavy atom. The van der Waals surface area contributed by atoms with Gasteiger partial charge in [0.25, 0.3) is 0 Å². The number of primary amides is 1. The number of rotatable bonds is 5. The summed E-state index contributed by atoms with van der Waals surface area (Å²) in [5.41, 5.74) is 6.51. The molecular weight excluding hydrogens is 300 g/mol. The predicted molar refractivity (Wildman–Crippen MR) is 87.6 cm³/mol. The standard InChI is InChI=1S/C15H24N4O2S/c1-18(2)13(12-5-7-22-10-12)8-17-14(20)11-4-3-6-19(9-11)15(16)21/h5,7,10-11,13H,3-4,6,8-9H2,1-2H3,(H2,16,21)(H,17,20)/t11-,13-/m0/s1. The van der Waals surface area contributed by atoms with Crippen LogP contribution in [0.15, 0.2) is 16.8 Å². The molecule has 6 nitrogen and oxygen atoms in total. The molecule has 22 heavy (non-hydrogen) atoms. The van der Waals surface area contributed by atoms with Crippen molar-refractivity contribution in [2.75, 3.05) is 33.7 Å². The van der Waals surface area contributed by atoms with E-state index in [0.29, 0.717) is 19.6 Å². The van der Waals surface area contributed by atoms with Gasteiger partial charge in [-0.25, -0.2) is 4.79 Å². The minimum absolute atomic E-state index is 0.00743. The van der Waals surface area contributed by atoms with Gasteiger partial charge in [-0.05, 0) is 49.3 Å². The molecule has 1 aromatic rings. The Balaban J connectivity index is 1.89. The van der Waals surface area contributed by atoms with E-state index in [2.05, 4.69) is 21.7 Å². The lowest BCUT2D eigenvalue weighted by Gasteiger charge is -2.31. The molecule has 2 heterocycles. The third-order valence-electron chi connectivity index (χ3n) is 4.12. The number of carbonyl (C=O) groups is 2. The van der Waals surface area contributed by atoms with Gasteiger partial charge in [-0.2, -0.15) is 11.3 Å². The Morgan fingerprint density at radius 3 is 2.91 bits per heavy atom. The zero-order chi connectivity index (χ0) is 16.1. The van der Waals surface area contributed by atoms with Crippen LogP contribution in [0.2, 0.25) is 0 Å². The van der Waals surface area contributed by atoms with E-state index < -0.39 is 6.03 Å². The summed E-state index contributed by atoms with van der Waals surface area (Å²) in [6.07, 6.45) is 1.63. The topological polar surface area (TPSA) is 78.7 Å². The van der Waals surface area contributed by atoms with E-state index in [4.69, 9.17) is 5.73 Å². The summed E-state index contributed by atoms with van der Waals surface area (Å²) in [5, 5.41) is 7.17. The maximum absolute atomic E-state index is 12.4. The predicted octanol–water partition coefficient (Wildman–Crippen LogP) is 1.26. The van der Waals surface area contributed by atoms with Crippen molar-refractivity contribution in [1.29, 1.82) is 0 Å². The Morgan fingerprint density at radius 1 is 1.55 bits per heavy atom. The summed E-state index contributed by atoms with van der Waals surface area (Å²) in [4.78, 5) is 27.2. The second-order valence-electron chi connectivity index (χ2n) is 5.90. The van der Waals surface area contributed by atoms with Crippen molar-refractivity contribution in [1.82, 2.24) is 15.1 Å². The number of amides is 3. The number of piperidine rings is 1. The van der Waals surface area contributed by atoms with Gasteiger partial charge >= 0.3 is 6.03 Å². The summed E-state index contributed by atoms with van der Waals surface area (Å²) < 4.78 is 0. The van der Waals surface area contributed by atoms with Crippen LogP contribution in [-0.2, 0) is 4.79 Å². The normalized spacial score (nSPS) is 20.0. The summed E-state index contributed by atoms with van der Waals surface area (Å²) in [6.45, 7) is 1.64. The van der Waals surface area contributed by atoms with E-state index in [1.54, 1.807) is 16.2 Å². The van der Waals surface area contributed by atoms with Gasteiger partial charge in [0.2, 0.25) is 5.91 Å². The largest absolute Gasteiger partial charge is 0.354 e. The van der Waals surface area contributed by atoms with Gasteiger partial charge in [0, 0.05) is 19.6 Å². The molecule has 1 saturated heterocycles. The van der Waals surface area contributed by atoms with E-state index in [1.165, 1.54) is 5.56 Å². The van der Waals surface area contributed by atoms with Gasteiger partial charge in [-0.1, -0.05) is 0 Å². The van der Waals surface area contributed by atoms with Crippen LogP contribution in [0.4, 0.5) is 4.79 Å². The Bertz CT molecular complexity index is 504. The maximum Gasteiger partial charge on any atom is 0.314 e. The van der Waals surface area contributed by atoms with Crippen molar-refractivity contribution in [3.05, 3.63) is 22.4 Å². The quantitative estimate of drug-likeness (QED) is 0.856. The van der Waals surface area contributed by atoms with Crippen molar-refractivity contribution < 1.29 is 9.59 Å². The van der Waals surface area contributed by atoms with Gasteiger partial charge in [-0.3, -0.25) is 4.79 Å². The lowest BCUT2D eigenvalue weighted by molar-refractivity contribution is -0.126. The highest BCUT2D eigenvalue weighted by atomic mass is 32.1. The van der Waals surface area contributed by atoms with Gasteiger partial charge in [-0.15, -0.1) is 0 Å². The average molecular weight is 324 g/mol. The molecule has 0 unspecified atom stereocenters. The summed E-state index contributed by atoms with van der Waals surface area (Å²) in [6, 6.07) is 1.80. The van der Waals surface area contributed by atoms with E-state index >= 15 is 0 Å². The maximum atomic E-state index is 12.4. The smallest absolute Gasteiger partial charge is 0.314 e. The molecule has 1 aromatic heterocycles. The Hall–Kier alpha value is -1.60. The number of hydrogen-bond donors (Lipinski definition) is 2. The lowest BCUT2D eigenvalue weighted by Crippen LogP contribution is -2.48. The van der Waals surface area contributed by atoms with Gasteiger partial charge < -0.3 is 20.9 Å². The number of thiophene rings is 1. The number of carbonyl (C=O) groups excluding carboxylic acids is 2. The molecular formula is C15H24N4O2S. The third kappa shape index (κ3) is 4.20. The van der Waals surface area contributed by atoms with Crippen molar-refractivity contribution in [3.8, 4) is 0 Å². The zero-order valence-corrected chi connectivity index (χ0v) is 13.9. The first-order valence-electron chi connectivity index (χ1n) is 7.49. The van der Waals surface area contributed by atoms with Crippen LogP contribution in [0.25, 0.3) is 0 Å². The molecule has 7 heteroatoms. The SMILES string of the molecule is CN(C)[C@@H](CNC(=O)[C@H]1CCCN(C(N)=O)C1)c1ccsc1. The van der Waals surface area contributed by atoms with E-state index in [-0.39, 0.29) is 17.9 Å². The molecule has 3 N–H and O–H groups in total. The molecule has 0 bridgehead atoms. The fourth-order valence-corrected chi connectivity index (χ4v) is 3.50. The molecule has 2 atom stereocenters. The molecule has 2 rings (SSSR count). The molecule has 1 aliphatic heterocycles. The molecule has 1 aliphatic rings. The van der Waals surface area contributed by atoms with Crippen molar-refractivity contribution in [2.24, 2.45) is 11.7 Å². The van der Waals surface area contributed by atoms with E-state index in [0.717, 1.165) is 12.8 Å². The van der Waals surface area contributed by atoms with Crippen LogP contribution in [0.5, 0.6) is 0 Å². The van der Waals surface area contributed by atoms with Gasteiger partial charge in [0.1, 0.15) is 0 Å². The number of nitrogens with one attached hydrogen (secondary N) is 1. The minimum atomic E-state index is -0.443. The lowest BCUT2D eigenvalue weighted by atomic mass is 9.97. The number of nitrogens with zero attached hydrogens (tertiary/aromatic N) is 2. The highest BCUT2D eigenvalue weighted by Gasteiger charge is 2.28. The number of likely N-dealkylation sites (N-methyl/N-ethyl adjacent to an activating group) is 1. The van der Waals surface area contributed by atoms with Crippen molar-refractivity contribution >= 4 is 23.3 Å². The molecule has 0 saturated carbocycles. The summed E-state index contributed by atoms with van der Waals surface area (Å²) >= 11 is 1.65. The minimum Gasteiger partial charge on any atom is -0.354 e. The fourth-order valence-electron chi connectivity index (χ4n) is 2.80. The molecule has 0 spiro atoms. The number of likely N-dealkylation sites (tertiary alicyclic amines) is 1. The van der Waals surface area contributed by atoms with Gasteiger partial charge in [0.15, 0.2) is 0 Å². The second-order valence-corrected chi connectivity index (χ2v) is 6.68. The first kappa shape index (κ1) is 16.8. The fraction of sp³-hybridized carbons (Fsp3) is 0.600. The van der Waals surface area contributed by atoms with Crippen LogP contribution in [0.3, 0.4) is 0 Å². The number of urea groups is 1. The molecule has 0 aromatic carbocycles.